The van der Waals surface area contributed by atoms with E-state index in [1.54, 1.807) is 12.1 Å². The Hall–Kier alpha value is -1.51. The standard InChI is InChI=1S/C17H27NO2/c1-3-5-6-7-8-15(4-2)17(20)18-13-14-9-11-16(19)12-10-14/h9-12,15,19H,3-8,13H2,1-2H3,(H,18,20). The maximum absolute atomic E-state index is 12.1. The number of amides is 1. The van der Waals surface area contributed by atoms with E-state index in [0.29, 0.717) is 6.54 Å². The highest BCUT2D eigenvalue weighted by atomic mass is 16.3. The van der Waals surface area contributed by atoms with Crippen molar-refractivity contribution in [1.82, 2.24) is 5.32 Å². The molecule has 1 amide bonds. The summed E-state index contributed by atoms with van der Waals surface area (Å²) in [4.78, 5) is 12.1. The number of nitrogens with one attached hydrogen (secondary N) is 1. The number of phenols is 1. The summed E-state index contributed by atoms with van der Waals surface area (Å²) in [5, 5.41) is 12.2. The first-order valence-electron chi connectivity index (χ1n) is 7.73. The molecule has 0 bridgehead atoms. The van der Waals surface area contributed by atoms with E-state index >= 15 is 0 Å². The van der Waals surface area contributed by atoms with Gasteiger partial charge in [-0.2, -0.15) is 0 Å². The second-order valence-corrected chi connectivity index (χ2v) is 5.34. The summed E-state index contributed by atoms with van der Waals surface area (Å²) in [6.45, 7) is 4.80. The Bertz CT molecular complexity index is 386. The lowest BCUT2D eigenvalue weighted by molar-refractivity contribution is -0.125. The lowest BCUT2D eigenvalue weighted by Gasteiger charge is -2.15. The van der Waals surface area contributed by atoms with Crippen LogP contribution >= 0.6 is 0 Å². The summed E-state index contributed by atoms with van der Waals surface area (Å²) in [6.07, 6.45) is 6.72. The maximum Gasteiger partial charge on any atom is 0.223 e. The monoisotopic (exact) mass is 277 g/mol. The molecule has 0 aromatic heterocycles. The molecule has 0 radical (unpaired) electrons. The van der Waals surface area contributed by atoms with Crippen molar-refractivity contribution < 1.29 is 9.90 Å². The Morgan fingerprint density at radius 2 is 1.85 bits per heavy atom. The Labute approximate surface area is 122 Å². The molecular weight excluding hydrogens is 250 g/mol. The number of unbranched alkanes of at least 4 members (excludes halogenated alkanes) is 3. The lowest BCUT2D eigenvalue weighted by Crippen LogP contribution is -2.30. The number of hydrogen-bond acceptors (Lipinski definition) is 2. The number of hydrogen-bond donors (Lipinski definition) is 2. The first-order valence-corrected chi connectivity index (χ1v) is 7.73. The highest BCUT2D eigenvalue weighted by Gasteiger charge is 2.15. The average molecular weight is 277 g/mol. The Morgan fingerprint density at radius 3 is 2.45 bits per heavy atom. The van der Waals surface area contributed by atoms with E-state index < -0.39 is 0 Å². The summed E-state index contributed by atoms with van der Waals surface area (Å²) in [5.41, 5.74) is 1.01. The van der Waals surface area contributed by atoms with Gasteiger partial charge in [0, 0.05) is 12.5 Å². The first-order chi connectivity index (χ1) is 9.67. The van der Waals surface area contributed by atoms with Crippen molar-refractivity contribution >= 4 is 5.91 Å². The SMILES string of the molecule is CCCCCCC(CC)C(=O)NCc1ccc(O)cc1. The molecule has 0 aliphatic carbocycles. The number of phenolic OH excluding ortho intramolecular Hbond substituents is 1. The predicted molar refractivity (Wildman–Crippen MR) is 82.5 cm³/mol. The van der Waals surface area contributed by atoms with Crippen LogP contribution in [0.15, 0.2) is 24.3 Å². The van der Waals surface area contributed by atoms with Crippen LogP contribution in [0.4, 0.5) is 0 Å². The molecule has 2 N–H and O–H groups in total. The fraction of sp³-hybridized carbons (Fsp3) is 0.588. The summed E-state index contributed by atoms with van der Waals surface area (Å²) in [5.74, 6) is 0.531. The molecule has 0 spiro atoms. The molecular formula is C17H27NO2. The van der Waals surface area contributed by atoms with Crippen LogP contribution in [-0.4, -0.2) is 11.0 Å². The Morgan fingerprint density at radius 1 is 1.15 bits per heavy atom. The predicted octanol–water partition coefficient (Wildman–Crippen LogP) is 4.01. The van der Waals surface area contributed by atoms with Gasteiger partial charge < -0.3 is 10.4 Å². The van der Waals surface area contributed by atoms with E-state index in [2.05, 4.69) is 19.2 Å². The van der Waals surface area contributed by atoms with E-state index in [0.717, 1.165) is 24.8 Å². The largest absolute Gasteiger partial charge is 0.508 e. The van der Waals surface area contributed by atoms with Crippen molar-refractivity contribution in [3.05, 3.63) is 29.8 Å². The molecule has 0 aliphatic rings. The van der Waals surface area contributed by atoms with Crippen LogP contribution in [0.2, 0.25) is 0 Å². The van der Waals surface area contributed by atoms with Crippen molar-refractivity contribution in [2.75, 3.05) is 0 Å². The summed E-state index contributed by atoms with van der Waals surface area (Å²) in [7, 11) is 0. The van der Waals surface area contributed by atoms with Gasteiger partial charge in [-0.1, -0.05) is 51.7 Å². The van der Waals surface area contributed by atoms with Gasteiger partial charge in [-0.15, -0.1) is 0 Å². The van der Waals surface area contributed by atoms with Gasteiger partial charge >= 0.3 is 0 Å². The molecule has 3 nitrogen and oxygen atoms in total. The quantitative estimate of drug-likeness (QED) is 0.670. The normalized spacial score (nSPS) is 12.1. The minimum Gasteiger partial charge on any atom is -0.508 e. The van der Waals surface area contributed by atoms with Gasteiger partial charge in [-0.05, 0) is 30.5 Å². The number of carbonyl (C=O) groups is 1. The number of benzene rings is 1. The Kier molecular flexibility index (Phi) is 7.78. The van der Waals surface area contributed by atoms with Crippen molar-refractivity contribution in [1.29, 1.82) is 0 Å². The third kappa shape index (κ3) is 6.09. The molecule has 0 saturated heterocycles. The molecule has 1 unspecified atom stereocenters. The molecule has 1 rings (SSSR count). The maximum atomic E-state index is 12.1. The molecule has 20 heavy (non-hydrogen) atoms. The van der Waals surface area contributed by atoms with Crippen LogP contribution in [0, 0.1) is 5.92 Å². The molecule has 0 heterocycles. The average Bonchev–Trinajstić information content (AvgIpc) is 2.46. The van der Waals surface area contributed by atoms with Gasteiger partial charge in [0.05, 0.1) is 0 Å². The third-order valence-corrected chi connectivity index (χ3v) is 3.67. The summed E-state index contributed by atoms with van der Waals surface area (Å²) >= 11 is 0. The van der Waals surface area contributed by atoms with E-state index in [4.69, 9.17) is 0 Å². The zero-order chi connectivity index (χ0) is 14.8. The number of rotatable bonds is 9. The van der Waals surface area contributed by atoms with Crippen molar-refractivity contribution in [2.45, 2.75) is 58.9 Å². The summed E-state index contributed by atoms with van der Waals surface area (Å²) < 4.78 is 0. The van der Waals surface area contributed by atoms with Crippen LogP contribution in [0.5, 0.6) is 5.75 Å². The highest BCUT2D eigenvalue weighted by molar-refractivity contribution is 5.78. The van der Waals surface area contributed by atoms with Gasteiger partial charge in [-0.3, -0.25) is 4.79 Å². The van der Waals surface area contributed by atoms with E-state index in [1.165, 1.54) is 19.3 Å². The van der Waals surface area contributed by atoms with Crippen molar-refractivity contribution in [3.63, 3.8) is 0 Å². The van der Waals surface area contributed by atoms with Crippen molar-refractivity contribution in [2.24, 2.45) is 5.92 Å². The fourth-order valence-corrected chi connectivity index (χ4v) is 2.29. The molecule has 1 atom stereocenters. The van der Waals surface area contributed by atoms with Crippen LogP contribution in [0.25, 0.3) is 0 Å². The zero-order valence-corrected chi connectivity index (χ0v) is 12.7. The first kappa shape index (κ1) is 16.5. The zero-order valence-electron chi connectivity index (χ0n) is 12.7. The van der Waals surface area contributed by atoms with Gasteiger partial charge in [0.15, 0.2) is 0 Å². The summed E-state index contributed by atoms with van der Waals surface area (Å²) in [6, 6.07) is 6.95. The molecule has 112 valence electrons. The van der Waals surface area contributed by atoms with Crippen LogP contribution in [-0.2, 0) is 11.3 Å². The van der Waals surface area contributed by atoms with Gasteiger partial charge in [-0.25, -0.2) is 0 Å². The van der Waals surface area contributed by atoms with Gasteiger partial charge in [0.1, 0.15) is 5.75 Å². The van der Waals surface area contributed by atoms with Crippen LogP contribution in [0.1, 0.15) is 57.9 Å². The van der Waals surface area contributed by atoms with E-state index in [1.807, 2.05) is 12.1 Å². The minimum absolute atomic E-state index is 0.129. The smallest absolute Gasteiger partial charge is 0.223 e. The topological polar surface area (TPSA) is 49.3 Å². The van der Waals surface area contributed by atoms with E-state index in [-0.39, 0.29) is 17.6 Å². The molecule has 1 aromatic rings. The van der Waals surface area contributed by atoms with Gasteiger partial charge in [0.25, 0.3) is 0 Å². The second-order valence-electron chi connectivity index (χ2n) is 5.34. The molecule has 3 heteroatoms. The van der Waals surface area contributed by atoms with Crippen LogP contribution < -0.4 is 5.32 Å². The fourth-order valence-electron chi connectivity index (χ4n) is 2.29. The lowest BCUT2D eigenvalue weighted by atomic mass is 9.97. The van der Waals surface area contributed by atoms with Gasteiger partial charge in [0.2, 0.25) is 5.91 Å². The molecule has 0 aliphatic heterocycles. The minimum atomic E-state index is 0.129. The van der Waals surface area contributed by atoms with E-state index in [9.17, 15) is 9.90 Å². The second kappa shape index (κ2) is 9.40. The highest BCUT2D eigenvalue weighted by Crippen LogP contribution is 2.15. The Balaban J connectivity index is 2.33. The molecule has 0 fully saturated rings. The third-order valence-electron chi connectivity index (χ3n) is 3.67. The van der Waals surface area contributed by atoms with Crippen LogP contribution in [0.3, 0.4) is 0 Å². The molecule has 1 aromatic carbocycles. The molecule has 0 saturated carbocycles. The number of aromatic hydroxyl groups is 1. The number of carbonyl (C=O) groups excluding carboxylic acids is 1. The van der Waals surface area contributed by atoms with Crippen molar-refractivity contribution in [3.8, 4) is 5.75 Å².